The van der Waals surface area contributed by atoms with Crippen molar-refractivity contribution < 1.29 is 9.53 Å². The van der Waals surface area contributed by atoms with Crippen LogP contribution >= 0.6 is 11.6 Å². The minimum atomic E-state index is -0.0719. The second-order valence-electron chi connectivity index (χ2n) is 6.01. The molecule has 0 fully saturated rings. The molecular weight excluding hydrogens is 338 g/mol. The SMILES string of the molecule is CN(C(=O)c1ccc(Cl)cc1)c1ccc(CC[C@H]2COC(N)=N2)cc1. The van der Waals surface area contributed by atoms with E-state index in [0.29, 0.717) is 17.2 Å². The Labute approximate surface area is 152 Å². The van der Waals surface area contributed by atoms with Gasteiger partial charge in [0, 0.05) is 23.3 Å². The third kappa shape index (κ3) is 4.31. The summed E-state index contributed by atoms with van der Waals surface area (Å²) in [7, 11) is 1.76. The summed E-state index contributed by atoms with van der Waals surface area (Å²) in [5, 5.41) is 0.613. The van der Waals surface area contributed by atoms with Crippen molar-refractivity contribution >= 4 is 29.2 Å². The second-order valence-corrected chi connectivity index (χ2v) is 6.44. The molecule has 1 heterocycles. The van der Waals surface area contributed by atoms with Gasteiger partial charge in [-0.25, -0.2) is 4.99 Å². The van der Waals surface area contributed by atoms with E-state index in [4.69, 9.17) is 22.1 Å². The molecule has 0 unspecified atom stereocenters. The van der Waals surface area contributed by atoms with E-state index in [-0.39, 0.29) is 18.0 Å². The predicted molar refractivity (Wildman–Crippen MR) is 100 cm³/mol. The molecule has 1 amide bonds. The Hall–Kier alpha value is -2.53. The summed E-state index contributed by atoms with van der Waals surface area (Å²) in [5.41, 5.74) is 8.15. The van der Waals surface area contributed by atoms with Crippen molar-refractivity contribution in [3.8, 4) is 0 Å². The number of aliphatic imine (C=N–C) groups is 1. The molecule has 0 spiro atoms. The number of amidine groups is 1. The Morgan fingerprint density at radius 3 is 2.52 bits per heavy atom. The van der Waals surface area contributed by atoms with Gasteiger partial charge in [-0.2, -0.15) is 0 Å². The van der Waals surface area contributed by atoms with Crippen LogP contribution in [0.3, 0.4) is 0 Å². The molecule has 1 aliphatic heterocycles. The first-order valence-corrected chi connectivity index (χ1v) is 8.49. The molecule has 2 aromatic rings. The van der Waals surface area contributed by atoms with Gasteiger partial charge in [-0.1, -0.05) is 23.7 Å². The quantitative estimate of drug-likeness (QED) is 0.893. The van der Waals surface area contributed by atoms with Crippen LogP contribution in [0.5, 0.6) is 0 Å². The van der Waals surface area contributed by atoms with E-state index in [0.717, 1.165) is 18.5 Å². The highest BCUT2D eigenvalue weighted by Gasteiger charge is 2.17. The highest BCUT2D eigenvalue weighted by molar-refractivity contribution is 6.30. The fourth-order valence-electron chi connectivity index (χ4n) is 2.71. The minimum absolute atomic E-state index is 0.0719. The number of nitrogens with two attached hydrogens (primary N) is 1. The lowest BCUT2D eigenvalue weighted by Crippen LogP contribution is -2.26. The Bertz CT molecular complexity index is 772. The topological polar surface area (TPSA) is 67.9 Å². The molecule has 0 bridgehead atoms. The number of nitrogens with zero attached hydrogens (tertiary/aromatic N) is 2. The van der Waals surface area contributed by atoms with Crippen LogP contribution in [0.1, 0.15) is 22.3 Å². The first-order chi connectivity index (χ1) is 12.0. The van der Waals surface area contributed by atoms with E-state index in [2.05, 4.69) is 4.99 Å². The zero-order valence-corrected chi connectivity index (χ0v) is 14.7. The molecule has 130 valence electrons. The van der Waals surface area contributed by atoms with Crippen molar-refractivity contribution in [3.63, 3.8) is 0 Å². The molecule has 2 N–H and O–H groups in total. The smallest absolute Gasteiger partial charge is 0.282 e. The van der Waals surface area contributed by atoms with Crippen LogP contribution in [-0.4, -0.2) is 31.6 Å². The average molecular weight is 358 g/mol. The van der Waals surface area contributed by atoms with Crippen LogP contribution in [0, 0.1) is 0 Å². The van der Waals surface area contributed by atoms with Gasteiger partial charge in [-0.15, -0.1) is 0 Å². The van der Waals surface area contributed by atoms with Gasteiger partial charge in [0.05, 0.1) is 6.04 Å². The van der Waals surface area contributed by atoms with Crippen LogP contribution < -0.4 is 10.6 Å². The van der Waals surface area contributed by atoms with Gasteiger partial charge in [0.1, 0.15) is 6.61 Å². The van der Waals surface area contributed by atoms with E-state index in [9.17, 15) is 4.79 Å². The third-order valence-electron chi connectivity index (χ3n) is 4.22. The zero-order valence-electron chi connectivity index (χ0n) is 14.0. The molecule has 1 atom stereocenters. The fourth-order valence-corrected chi connectivity index (χ4v) is 2.83. The number of rotatable bonds is 5. The van der Waals surface area contributed by atoms with E-state index in [1.54, 1.807) is 36.2 Å². The molecule has 6 heteroatoms. The Kier molecular flexibility index (Phi) is 5.24. The normalized spacial score (nSPS) is 16.2. The average Bonchev–Trinajstić information content (AvgIpc) is 3.05. The number of carbonyl (C=O) groups excluding carboxylic acids is 1. The lowest BCUT2D eigenvalue weighted by atomic mass is 10.1. The molecule has 0 aromatic heterocycles. The molecule has 3 rings (SSSR count). The molecule has 25 heavy (non-hydrogen) atoms. The fraction of sp³-hybridized carbons (Fsp3) is 0.263. The van der Waals surface area contributed by atoms with E-state index < -0.39 is 0 Å². The van der Waals surface area contributed by atoms with Gasteiger partial charge in [0.25, 0.3) is 11.9 Å². The van der Waals surface area contributed by atoms with E-state index >= 15 is 0 Å². The Balaban J connectivity index is 1.61. The van der Waals surface area contributed by atoms with Crippen molar-refractivity contribution in [2.24, 2.45) is 10.7 Å². The van der Waals surface area contributed by atoms with Crippen LogP contribution in [0.4, 0.5) is 5.69 Å². The van der Waals surface area contributed by atoms with Crippen LogP contribution in [0.25, 0.3) is 0 Å². The maximum atomic E-state index is 12.5. The van der Waals surface area contributed by atoms with Gasteiger partial charge in [0.2, 0.25) is 0 Å². The minimum Gasteiger partial charge on any atom is -0.463 e. The first kappa shape index (κ1) is 17.3. The highest BCUT2D eigenvalue weighted by Crippen LogP contribution is 2.19. The number of hydrogen-bond donors (Lipinski definition) is 1. The van der Waals surface area contributed by atoms with Gasteiger partial charge in [-0.3, -0.25) is 4.79 Å². The molecule has 2 aromatic carbocycles. The predicted octanol–water partition coefficient (Wildman–Crippen LogP) is 3.26. The summed E-state index contributed by atoms with van der Waals surface area (Å²) in [6.07, 6.45) is 1.78. The van der Waals surface area contributed by atoms with Crippen molar-refractivity contribution in [1.29, 1.82) is 0 Å². The number of halogens is 1. The molecule has 5 nitrogen and oxygen atoms in total. The summed E-state index contributed by atoms with van der Waals surface area (Å²) in [6.45, 7) is 0.558. The van der Waals surface area contributed by atoms with Gasteiger partial charge in [0.15, 0.2) is 0 Å². The third-order valence-corrected chi connectivity index (χ3v) is 4.47. The van der Waals surface area contributed by atoms with Crippen LogP contribution in [0.2, 0.25) is 5.02 Å². The molecule has 0 saturated carbocycles. The lowest BCUT2D eigenvalue weighted by molar-refractivity contribution is 0.0993. The van der Waals surface area contributed by atoms with Crippen LogP contribution in [0.15, 0.2) is 53.5 Å². The molecule has 0 radical (unpaired) electrons. The maximum Gasteiger partial charge on any atom is 0.282 e. The summed E-state index contributed by atoms with van der Waals surface area (Å²) in [5.74, 6) is -0.0719. The molecule has 1 aliphatic rings. The molecule has 0 saturated heterocycles. The Morgan fingerprint density at radius 2 is 1.92 bits per heavy atom. The number of aryl methyl sites for hydroxylation is 1. The van der Waals surface area contributed by atoms with Gasteiger partial charge >= 0.3 is 0 Å². The maximum absolute atomic E-state index is 12.5. The van der Waals surface area contributed by atoms with Crippen molar-refractivity contribution in [2.75, 3.05) is 18.6 Å². The first-order valence-electron chi connectivity index (χ1n) is 8.11. The van der Waals surface area contributed by atoms with Crippen molar-refractivity contribution in [3.05, 3.63) is 64.7 Å². The summed E-state index contributed by atoms with van der Waals surface area (Å²) >= 11 is 5.87. The van der Waals surface area contributed by atoms with E-state index in [1.807, 2.05) is 24.3 Å². The second kappa shape index (κ2) is 7.57. The highest BCUT2D eigenvalue weighted by atomic mass is 35.5. The number of anilines is 1. The largest absolute Gasteiger partial charge is 0.463 e. The number of carbonyl (C=O) groups is 1. The number of amides is 1. The van der Waals surface area contributed by atoms with Gasteiger partial charge < -0.3 is 15.4 Å². The zero-order chi connectivity index (χ0) is 17.8. The number of benzene rings is 2. The van der Waals surface area contributed by atoms with E-state index in [1.165, 1.54) is 5.56 Å². The summed E-state index contributed by atoms with van der Waals surface area (Å²) in [6, 6.07) is 15.3. The standard InChI is InChI=1S/C19H20ClN3O2/c1-23(18(24)14-5-7-15(20)8-6-14)17-10-3-13(4-11-17)2-9-16-12-25-19(21)22-16/h3-8,10-11,16H,2,9,12H2,1H3,(H2,21,22)/t16-/m0/s1. The summed E-state index contributed by atoms with van der Waals surface area (Å²) < 4.78 is 5.16. The monoisotopic (exact) mass is 357 g/mol. The summed E-state index contributed by atoms with van der Waals surface area (Å²) in [4.78, 5) is 18.4. The number of ether oxygens (including phenoxy) is 1. The lowest BCUT2D eigenvalue weighted by Gasteiger charge is -2.18. The molecular formula is C19H20ClN3O2. The number of hydrogen-bond acceptors (Lipinski definition) is 4. The van der Waals surface area contributed by atoms with Crippen LogP contribution in [-0.2, 0) is 11.2 Å². The molecule has 0 aliphatic carbocycles. The van der Waals surface area contributed by atoms with Gasteiger partial charge in [-0.05, 0) is 54.8 Å². The Morgan fingerprint density at radius 1 is 1.24 bits per heavy atom. The van der Waals surface area contributed by atoms with Crippen molar-refractivity contribution in [2.45, 2.75) is 18.9 Å². The van der Waals surface area contributed by atoms with Crippen molar-refractivity contribution in [1.82, 2.24) is 0 Å².